The van der Waals surface area contributed by atoms with Crippen molar-refractivity contribution in [1.29, 1.82) is 0 Å². The minimum Gasteiger partial charge on any atom is -0.461 e. The van der Waals surface area contributed by atoms with Crippen molar-refractivity contribution in [1.82, 2.24) is 0 Å². The number of hydrogen-bond acceptors (Lipinski definition) is 4. The first-order chi connectivity index (χ1) is 11.3. The SMILES string of the molecule is CC(C)=CC(C)(C(=O)OCC1OC(=O)C2(C)CC(C)CC12)C(C)(C)C. The summed E-state index contributed by atoms with van der Waals surface area (Å²) in [5.41, 5.74) is -0.326. The first-order valence-electron chi connectivity index (χ1n) is 9.35. The van der Waals surface area contributed by atoms with Gasteiger partial charge in [-0.15, -0.1) is 0 Å². The number of rotatable bonds is 4. The van der Waals surface area contributed by atoms with Crippen LogP contribution in [-0.2, 0) is 19.1 Å². The lowest BCUT2D eigenvalue weighted by molar-refractivity contribution is -0.164. The summed E-state index contributed by atoms with van der Waals surface area (Å²) < 4.78 is 11.3. The van der Waals surface area contributed by atoms with E-state index in [2.05, 4.69) is 6.92 Å². The summed E-state index contributed by atoms with van der Waals surface area (Å²) in [5, 5.41) is 0. The third-order valence-electron chi connectivity index (χ3n) is 6.36. The Morgan fingerprint density at radius 3 is 2.44 bits per heavy atom. The molecule has 1 heterocycles. The van der Waals surface area contributed by atoms with E-state index in [9.17, 15) is 9.59 Å². The topological polar surface area (TPSA) is 52.6 Å². The summed E-state index contributed by atoms with van der Waals surface area (Å²) in [7, 11) is 0. The van der Waals surface area contributed by atoms with E-state index in [4.69, 9.17) is 9.47 Å². The molecule has 142 valence electrons. The number of allylic oxidation sites excluding steroid dienone is 1. The lowest BCUT2D eigenvalue weighted by Gasteiger charge is -2.38. The van der Waals surface area contributed by atoms with Gasteiger partial charge in [0, 0.05) is 5.92 Å². The van der Waals surface area contributed by atoms with E-state index in [0.29, 0.717) is 5.92 Å². The van der Waals surface area contributed by atoms with Gasteiger partial charge in [0.2, 0.25) is 0 Å². The highest BCUT2D eigenvalue weighted by molar-refractivity contribution is 5.81. The Balaban J connectivity index is 2.11. The van der Waals surface area contributed by atoms with E-state index in [-0.39, 0.29) is 36.0 Å². The average Bonchev–Trinajstić information content (AvgIpc) is 2.87. The summed E-state index contributed by atoms with van der Waals surface area (Å²) >= 11 is 0. The zero-order valence-electron chi connectivity index (χ0n) is 17.1. The quantitative estimate of drug-likeness (QED) is 0.552. The van der Waals surface area contributed by atoms with Crippen molar-refractivity contribution in [2.24, 2.45) is 28.1 Å². The molecule has 0 spiro atoms. The molecule has 0 bridgehead atoms. The molecular weight excluding hydrogens is 316 g/mol. The van der Waals surface area contributed by atoms with Crippen LogP contribution in [0.4, 0.5) is 0 Å². The molecule has 0 aromatic rings. The third-order valence-corrected chi connectivity index (χ3v) is 6.36. The summed E-state index contributed by atoms with van der Waals surface area (Å²) in [6.07, 6.45) is 3.48. The fourth-order valence-electron chi connectivity index (χ4n) is 4.42. The second kappa shape index (κ2) is 6.44. The van der Waals surface area contributed by atoms with E-state index in [1.54, 1.807) is 0 Å². The van der Waals surface area contributed by atoms with Gasteiger partial charge in [0.25, 0.3) is 0 Å². The van der Waals surface area contributed by atoms with Crippen LogP contribution in [0.5, 0.6) is 0 Å². The van der Waals surface area contributed by atoms with Gasteiger partial charge >= 0.3 is 11.9 Å². The van der Waals surface area contributed by atoms with Gasteiger partial charge in [-0.25, -0.2) is 0 Å². The van der Waals surface area contributed by atoms with Gasteiger partial charge in [-0.1, -0.05) is 39.3 Å². The zero-order chi connectivity index (χ0) is 19.2. The Morgan fingerprint density at radius 2 is 1.92 bits per heavy atom. The van der Waals surface area contributed by atoms with Crippen molar-refractivity contribution >= 4 is 11.9 Å². The zero-order valence-corrected chi connectivity index (χ0v) is 17.1. The van der Waals surface area contributed by atoms with Crippen molar-refractivity contribution in [2.75, 3.05) is 6.61 Å². The highest BCUT2D eigenvalue weighted by Gasteiger charge is 2.58. The molecule has 2 aliphatic rings. The number of fused-ring (bicyclic) bond motifs is 1. The predicted octanol–water partition coefficient (Wildman–Crippen LogP) is 4.53. The fraction of sp³-hybridized carbons (Fsp3) is 0.810. The smallest absolute Gasteiger partial charge is 0.316 e. The molecule has 0 N–H and O–H groups in total. The first kappa shape index (κ1) is 20.0. The monoisotopic (exact) mass is 350 g/mol. The van der Waals surface area contributed by atoms with Crippen LogP contribution < -0.4 is 0 Å². The highest BCUT2D eigenvalue weighted by atomic mass is 16.6. The lowest BCUT2D eigenvalue weighted by Crippen LogP contribution is -2.41. The molecule has 1 saturated heterocycles. The minimum absolute atomic E-state index is 0.134. The van der Waals surface area contributed by atoms with Gasteiger partial charge in [-0.05, 0) is 51.9 Å². The molecule has 0 aromatic carbocycles. The maximum Gasteiger partial charge on any atom is 0.316 e. The van der Waals surface area contributed by atoms with Gasteiger partial charge in [0.1, 0.15) is 12.7 Å². The van der Waals surface area contributed by atoms with Crippen LogP contribution in [0.1, 0.15) is 68.2 Å². The molecule has 0 radical (unpaired) electrons. The second-order valence-corrected chi connectivity index (χ2v) is 9.79. The lowest BCUT2D eigenvalue weighted by atomic mass is 9.67. The predicted molar refractivity (Wildman–Crippen MR) is 97.8 cm³/mol. The highest BCUT2D eigenvalue weighted by Crippen LogP contribution is 2.53. The van der Waals surface area contributed by atoms with Crippen LogP contribution in [0.2, 0.25) is 0 Å². The fourth-order valence-corrected chi connectivity index (χ4v) is 4.42. The van der Waals surface area contributed by atoms with Crippen molar-refractivity contribution in [3.63, 3.8) is 0 Å². The first-order valence-corrected chi connectivity index (χ1v) is 9.35. The summed E-state index contributed by atoms with van der Waals surface area (Å²) in [6.45, 7) is 16.3. The van der Waals surface area contributed by atoms with E-state index in [0.717, 1.165) is 18.4 Å². The van der Waals surface area contributed by atoms with E-state index < -0.39 is 10.8 Å². The molecule has 25 heavy (non-hydrogen) atoms. The minimum atomic E-state index is -0.722. The summed E-state index contributed by atoms with van der Waals surface area (Å²) in [6, 6.07) is 0. The van der Waals surface area contributed by atoms with Crippen molar-refractivity contribution < 1.29 is 19.1 Å². The molecule has 1 saturated carbocycles. The van der Waals surface area contributed by atoms with Crippen molar-refractivity contribution in [3.8, 4) is 0 Å². The van der Waals surface area contributed by atoms with Gasteiger partial charge in [0.05, 0.1) is 10.8 Å². The standard InChI is InChI=1S/C21H34O4/c1-13(2)10-21(8,19(4,5)6)18(23)24-12-16-15-9-14(3)11-20(15,7)17(22)25-16/h10,14-16H,9,11-12H2,1-8H3. The van der Waals surface area contributed by atoms with E-state index >= 15 is 0 Å². The van der Waals surface area contributed by atoms with Crippen LogP contribution >= 0.6 is 0 Å². The maximum atomic E-state index is 12.9. The number of ether oxygens (including phenoxy) is 2. The Hall–Kier alpha value is -1.32. The average molecular weight is 350 g/mol. The molecule has 4 heteroatoms. The van der Waals surface area contributed by atoms with Crippen LogP contribution in [-0.4, -0.2) is 24.6 Å². The van der Waals surface area contributed by atoms with Crippen molar-refractivity contribution in [2.45, 2.75) is 74.3 Å². The van der Waals surface area contributed by atoms with Crippen molar-refractivity contribution in [3.05, 3.63) is 11.6 Å². The second-order valence-electron chi connectivity index (χ2n) is 9.79. The maximum absolute atomic E-state index is 12.9. The number of hydrogen-bond donors (Lipinski definition) is 0. The van der Waals surface area contributed by atoms with Crippen LogP contribution in [0.25, 0.3) is 0 Å². The molecular formula is C21H34O4. The van der Waals surface area contributed by atoms with Gasteiger partial charge in [-0.2, -0.15) is 0 Å². The number of esters is 2. The van der Waals surface area contributed by atoms with Crippen LogP contribution in [0.3, 0.4) is 0 Å². The molecule has 2 fully saturated rings. The van der Waals surface area contributed by atoms with Gasteiger partial charge in [0.15, 0.2) is 0 Å². The Kier molecular flexibility index (Phi) is 5.15. The van der Waals surface area contributed by atoms with Crippen LogP contribution in [0.15, 0.2) is 11.6 Å². The number of carbonyl (C=O) groups is 2. The molecule has 1 aliphatic carbocycles. The molecule has 0 amide bonds. The molecule has 1 aliphatic heterocycles. The molecule has 4 nitrogen and oxygen atoms in total. The number of cyclic esters (lactones) is 1. The van der Waals surface area contributed by atoms with Gasteiger partial charge < -0.3 is 9.47 Å². The third kappa shape index (κ3) is 3.50. The Bertz CT molecular complexity index is 581. The van der Waals surface area contributed by atoms with Gasteiger partial charge in [-0.3, -0.25) is 9.59 Å². The normalized spacial score (nSPS) is 34.1. The van der Waals surface area contributed by atoms with E-state index in [1.807, 2.05) is 54.5 Å². The summed E-state index contributed by atoms with van der Waals surface area (Å²) in [5.74, 6) is 0.265. The molecule has 0 aromatic heterocycles. The molecule has 5 atom stereocenters. The number of carbonyl (C=O) groups excluding carboxylic acids is 2. The Labute approximate surface area is 152 Å². The molecule has 2 rings (SSSR count). The van der Waals surface area contributed by atoms with Crippen LogP contribution in [0, 0.1) is 28.1 Å². The largest absolute Gasteiger partial charge is 0.461 e. The Morgan fingerprint density at radius 1 is 1.32 bits per heavy atom. The van der Waals surface area contributed by atoms with E-state index in [1.165, 1.54) is 0 Å². The molecule has 5 unspecified atom stereocenters. The summed E-state index contributed by atoms with van der Waals surface area (Å²) in [4.78, 5) is 25.2.